The van der Waals surface area contributed by atoms with Crippen molar-refractivity contribution in [3.05, 3.63) is 47.5 Å². The first kappa shape index (κ1) is 16.4. The summed E-state index contributed by atoms with van der Waals surface area (Å²) in [5.74, 6) is 0.0134. The molecule has 5 rings (SSSR count). The number of carbonyl (C=O) groups excluding carboxylic acids is 1. The van der Waals surface area contributed by atoms with Crippen molar-refractivity contribution in [2.24, 2.45) is 5.92 Å². The molecule has 3 atom stereocenters. The molecule has 27 heavy (non-hydrogen) atoms. The minimum absolute atomic E-state index is 0.0212. The second kappa shape index (κ2) is 5.89. The van der Waals surface area contributed by atoms with Gasteiger partial charge in [-0.1, -0.05) is 12.1 Å². The maximum atomic E-state index is 12.9. The molecule has 6 nitrogen and oxygen atoms in total. The van der Waals surface area contributed by atoms with E-state index in [-0.39, 0.29) is 18.5 Å². The van der Waals surface area contributed by atoms with Crippen LogP contribution in [0.25, 0.3) is 0 Å². The summed E-state index contributed by atoms with van der Waals surface area (Å²) >= 11 is 0. The van der Waals surface area contributed by atoms with Crippen LogP contribution < -0.4 is 18.9 Å². The molecule has 3 aliphatic rings. The van der Waals surface area contributed by atoms with Crippen LogP contribution >= 0.6 is 0 Å². The van der Waals surface area contributed by atoms with Gasteiger partial charge in [0.1, 0.15) is 17.3 Å². The number of hydrogen-bond donors (Lipinski definition) is 1. The van der Waals surface area contributed by atoms with Gasteiger partial charge >= 0.3 is 0 Å². The quantitative estimate of drug-likeness (QED) is 0.878. The second-order valence-electron chi connectivity index (χ2n) is 7.24. The normalized spacial score (nSPS) is 28.1. The number of ketones is 1. The first-order valence-electron chi connectivity index (χ1n) is 9.11. The van der Waals surface area contributed by atoms with Gasteiger partial charge in [-0.2, -0.15) is 0 Å². The van der Waals surface area contributed by atoms with Crippen LogP contribution in [-0.2, 0) is 4.79 Å². The average molecular weight is 368 g/mol. The third-order valence-electron chi connectivity index (χ3n) is 5.73. The van der Waals surface area contributed by atoms with Crippen molar-refractivity contribution in [3.63, 3.8) is 0 Å². The molecule has 2 heterocycles. The average Bonchev–Trinajstić information content (AvgIpc) is 3.12. The summed E-state index contributed by atoms with van der Waals surface area (Å²) in [6, 6.07) is 11.2. The Morgan fingerprint density at radius 1 is 1.11 bits per heavy atom. The minimum Gasteiger partial charge on any atom is -0.497 e. The van der Waals surface area contributed by atoms with Crippen molar-refractivity contribution in [1.82, 2.24) is 0 Å². The van der Waals surface area contributed by atoms with Crippen LogP contribution in [0.2, 0.25) is 0 Å². The Morgan fingerprint density at radius 2 is 1.85 bits per heavy atom. The number of carbonyl (C=O) groups is 1. The van der Waals surface area contributed by atoms with Crippen LogP contribution in [0.5, 0.6) is 23.0 Å². The fourth-order valence-electron chi connectivity index (χ4n) is 4.46. The van der Waals surface area contributed by atoms with Crippen LogP contribution in [0, 0.1) is 5.92 Å². The Morgan fingerprint density at radius 3 is 2.59 bits per heavy atom. The highest BCUT2D eigenvalue weighted by Gasteiger charge is 2.55. The number of aliphatic hydroxyl groups is 1. The van der Waals surface area contributed by atoms with Crippen LogP contribution in [0.1, 0.15) is 36.3 Å². The van der Waals surface area contributed by atoms with E-state index in [4.69, 9.17) is 18.9 Å². The van der Waals surface area contributed by atoms with E-state index in [2.05, 4.69) is 0 Å². The lowest BCUT2D eigenvalue weighted by Gasteiger charge is -2.47. The lowest BCUT2D eigenvalue weighted by atomic mass is 9.67. The van der Waals surface area contributed by atoms with E-state index in [0.29, 0.717) is 36.5 Å². The molecule has 0 spiro atoms. The molecule has 1 saturated carbocycles. The standard InChI is InChI=1S/C21H20O6/c1-24-13-6-4-12(5-7-13)19-14-9-17-18(26-11-25-17)10-16(14)27-21(23)8-2-3-15(22)20(19)21/h4-7,9-10,19-20,23H,2-3,8,11H2,1H3/t19-,20+,21-/m0/s1. The second-order valence-corrected chi connectivity index (χ2v) is 7.24. The van der Waals surface area contributed by atoms with Crippen molar-refractivity contribution < 1.29 is 28.8 Å². The Hall–Kier alpha value is -2.73. The first-order chi connectivity index (χ1) is 13.1. The van der Waals surface area contributed by atoms with Gasteiger partial charge in [0, 0.05) is 30.4 Å². The van der Waals surface area contributed by atoms with E-state index >= 15 is 0 Å². The van der Waals surface area contributed by atoms with E-state index in [0.717, 1.165) is 16.9 Å². The molecule has 1 N–H and O–H groups in total. The number of methoxy groups -OCH3 is 1. The van der Waals surface area contributed by atoms with Crippen LogP contribution in [0.4, 0.5) is 0 Å². The van der Waals surface area contributed by atoms with Crippen molar-refractivity contribution in [2.75, 3.05) is 13.9 Å². The van der Waals surface area contributed by atoms with E-state index in [1.165, 1.54) is 0 Å². The summed E-state index contributed by atoms with van der Waals surface area (Å²) in [6.07, 6.45) is 1.48. The van der Waals surface area contributed by atoms with Gasteiger partial charge in [0.15, 0.2) is 11.5 Å². The smallest absolute Gasteiger partial charge is 0.231 e. The molecule has 140 valence electrons. The fourth-order valence-corrected chi connectivity index (χ4v) is 4.46. The predicted octanol–water partition coefficient (Wildman–Crippen LogP) is 3.01. The number of ether oxygens (including phenoxy) is 4. The molecule has 0 amide bonds. The minimum atomic E-state index is -1.51. The summed E-state index contributed by atoms with van der Waals surface area (Å²) in [6.45, 7) is 0.151. The van der Waals surface area contributed by atoms with Gasteiger partial charge in [0.2, 0.25) is 12.6 Å². The highest BCUT2D eigenvalue weighted by atomic mass is 16.7. The molecule has 0 radical (unpaired) electrons. The lowest BCUT2D eigenvalue weighted by molar-refractivity contribution is -0.206. The first-order valence-corrected chi connectivity index (χ1v) is 9.11. The maximum Gasteiger partial charge on any atom is 0.231 e. The molecule has 2 aromatic carbocycles. The molecular formula is C21H20O6. The van der Waals surface area contributed by atoms with Gasteiger partial charge in [-0.25, -0.2) is 0 Å². The molecule has 6 heteroatoms. The SMILES string of the molecule is COc1ccc([C@H]2c3cc4c(cc3O[C@@]3(O)CCCC(=O)[C@H]23)OCO4)cc1. The number of rotatable bonds is 2. The Labute approximate surface area is 156 Å². The van der Waals surface area contributed by atoms with E-state index in [9.17, 15) is 9.90 Å². The van der Waals surface area contributed by atoms with Gasteiger partial charge in [0.05, 0.1) is 13.0 Å². The fraction of sp³-hybridized carbons (Fsp3) is 0.381. The topological polar surface area (TPSA) is 74.2 Å². The summed E-state index contributed by atoms with van der Waals surface area (Å²) < 4.78 is 22.2. The van der Waals surface area contributed by atoms with Crippen LogP contribution in [-0.4, -0.2) is 30.6 Å². The van der Waals surface area contributed by atoms with E-state index < -0.39 is 11.7 Å². The summed E-state index contributed by atoms with van der Waals surface area (Å²) in [4.78, 5) is 12.9. The molecule has 0 saturated heterocycles. The summed E-state index contributed by atoms with van der Waals surface area (Å²) in [5.41, 5.74) is 1.76. The molecule has 1 aliphatic carbocycles. The van der Waals surface area contributed by atoms with Crippen molar-refractivity contribution in [3.8, 4) is 23.0 Å². The molecular weight excluding hydrogens is 348 g/mol. The molecule has 1 fully saturated rings. The zero-order valence-electron chi connectivity index (χ0n) is 14.9. The van der Waals surface area contributed by atoms with Gasteiger partial charge < -0.3 is 24.1 Å². The van der Waals surface area contributed by atoms with Gasteiger partial charge in [-0.15, -0.1) is 0 Å². The summed E-state index contributed by atoms with van der Waals surface area (Å²) in [7, 11) is 1.61. The van der Waals surface area contributed by atoms with Crippen LogP contribution in [0.3, 0.4) is 0 Å². The number of fused-ring (bicyclic) bond motifs is 3. The van der Waals surface area contributed by atoms with Crippen molar-refractivity contribution in [1.29, 1.82) is 0 Å². The zero-order valence-corrected chi connectivity index (χ0v) is 14.9. The molecule has 2 aliphatic heterocycles. The number of hydrogen-bond acceptors (Lipinski definition) is 6. The monoisotopic (exact) mass is 368 g/mol. The molecule has 0 bridgehead atoms. The van der Waals surface area contributed by atoms with Gasteiger partial charge in [0.25, 0.3) is 0 Å². The maximum absolute atomic E-state index is 12.9. The predicted molar refractivity (Wildman–Crippen MR) is 95.3 cm³/mol. The van der Waals surface area contributed by atoms with Gasteiger partial charge in [-0.05, 0) is 30.2 Å². The third-order valence-corrected chi connectivity index (χ3v) is 5.73. The van der Waals surface area contributed by atoms with E-state index in [1.54, 1.807) is 13.2 Å². The van der Waals surface area contributed by atoms with Crippen molar-refractivity contribution >= 4 is 5.78 Å². The van der Waals surface area contributed by atoms with Crippen LogP contribution in [0.15, 0.2) is 36.4 Å². The van der Waals surface area contributed by atoms with Gasteiger partial charge in [-0.3, -0.25) is 4.79 Å². The molecule has 0 unspecified atom stereocenters. The largest absolute Gasteiger partial charge is 0.497 e. The van der Waals surface area contributed by atoms with Crippen molar-refractivity contribution in [2.45, 2.75) is 31.0 Å². The highest BCUT2D eigenvalue weighted by molar-refractivity contribution is 5.85. The van der Waals surface area contributed by atoms with E-state index in [1.807, 2.05) is 30.3 Å². The number of Topliss-reactive ketones (excluding diaryl/α,β-unsaturated/α-hetero) is 1. The summed E-state index contributed by atoms with van der Waals surface area (Å²) in [5, 5.41) is 11.2. The third kappa shape index (κ3) is 2.47. The lowest BCUT2D eigenvalue weighted by Crippen LogP contribution is -2.55. The Kier molecular flexibility index (Phi) is 3.59. The number of benzene rings is 2. The highest BCUT2D eigenvalue weighted by Crippen LogP contribution is 2.54. The molecule has 2 aromatic rings. The zero-order chi connectivity index (χ0) is 18.6. The molecule has 0 aromatic heterocycles. The Bertz CT molecular complexity index is 906. The Balaban J connectivity index is 1.70.